The Balaban J connectivity index is 1.85. The van der Waals surface area contributed by atoms with Gasteiger partial charge in [0, 0.05) is 25.7 Å². The minimum atomic E-state index is -0.454. The molecule has 0 spiro atoms. The first-order chi connectivity index (χ1) is 9.58. The second kappa shape index (κ2) is 6.33. The van der Waals surface area contributed by atoms with Crippen molar-refractivity contribution < 1.29 is 14.5 Å². The average molecular weight is 279 g/mol. The Morgan fingerprint density at radius 2 is 2.35 bits per heavy atom. The maximum Gasteiger partial charge on any atom is 0.273 e. The smallest absolute Gasteiger partial charge is 0.273 e. The van der Waals surface area contributed by atoms with Gasteiger partial charge in [-0.15, -0.1) is 0 Å². The van der Waals surface area contributed by atoms with Crippen LogP contribution in [0.2, 0.25) is 0 Å². The first kappa shape index (κ1) is 14.3. The van der Waals surface area contributed by atoms with E-state index in [1.54, 1.807) is 12.1 Å². The number of amides is 1. The Hall–Kier alpha value is -2.15. The molecular formula is C13H17N3O4. The highest BCUT2D eigenvalue weighted by molar-refractivity contribution is 5.81. The summed E-state index contributed by atoms with van der Waals surface area (Å²) in [6.07, 6.45) is 0. The number of ether oxygens (including phenoxy) is 1. The van der Waals surface area contributed by atoms with E-state index in [-0.39, 0.29) is 17.6 Å². The monoisotopic (exact) mass is 279 g/mol. The minimum Gasteiger partial charge on any atom is -0.492 e. The van der Waals surface area contributed by atoms with Crippen LogP contribution in [0.5, 0.6) is 5.75 Å². The second-order valence-corrected chi connectivity index (χ2v) is 4.61. The summed E-state index contributed by atoms with van der Waals surface area (Å²) in [6.45, 7) is 4.27. The maximum absolute atomic E-state index is 11.5. The number of non-ortho nitro benzene ring substituents is 1. The van der Waals surface area contributed by atoms with Gasteiger partial charge < -0.3 is 10.1 Å². The van der Waals surface area contributed by atoms with Crippen LogP contribution in [-0.2, 0) is 4.79 Å². The lowest BCUT2D eigenvalue weighted by molar-refractivity contribution is -0.384. The number of piperazine rings is 1. The molecule has 7 nitrogen and oxygen atoms in total. The summed E-state index contributed by atoms with van der Waals surface area (Å²) >= 11 is 0. The summed E-state index contributed by atoms with van der Waals surface area (Å²) in [7, 11) is 0. The molecule has 0 aliphatic carbocycles. The topological polar surface area (TPSA) is 84.7 Å². The molecule has 1 saturated heterocycles. The molecule has 7 heteroatoms. The molecule has 0 saturated carbocycles. The molecule has 1 atom stereocenters. The predicted octanol–water partition coefficient (Wildman–Crippen LogP) is 0.794. The van der Waals surface area contributed by atoms with Crippen molar-refractivity contribution in [3.05, 3.63) is 34.4 Å². The van der Waals surface area contributed by atoms with E-state index in [4.69, 9.17) is 4.74 Å². The third kappa shape index (κ3) is 3.45. The summed E-state index contributed by atoms with van der Waals surface area (Å²) in [5, 5.41) is 13.4. The number of nitro benzene ring substituents is 1. The lowest BCUT2D eigenvalue weighted by Crippen LogP contribution is -2.54. The van der Waals surface area contributed by atoms with Crippen molar-refractivity contribution in [3.63, 3.8) is 0 Å². The SMILES string of the molecule is C[C@H]1C(=O)NCCN1CCOc1cccc([N+](=O)[O-])c1. The van der Waals surface area contributed by atoms with E-state index in [1.807, 2.05) is 11.8 Å². The molecule has 1 heterocycles. The van der Waals surface area contributed by atoms with Gasteiger partial charge in [-0.05, 0) is 13.0 Å². The Bertz CT molecular complexity index is 506. The van der Waals surface area contributed by atoms with Gasteiger partial charge in [-0.25, -0.2) is 0 Å². The first-order valence-electron chi connectivity index (χ1n) is 6.47. The van der Waals surface area contributed by atoms with Crippen LogP contribution in [0.3, 0.4) is 0 Å². The van der Waals surface area contributed by atoms with Crippen molar-refractivity contribution in [2.24, 2.45) is 0 Å². The summed E-state index contributed by atoms with van der Waals surface area (Å²) in [5.74, 6) is 0.486. The molecule has 20 heavy (non-hydrogen) atoms. The Morgan fingerprint density at radius 1 is 1.55 bits per heavy atom. The first-order valence-corrected chi connectivity index (χ1v) is 6.47. The Morgan fingerprint density at radius 3 is 3.10 bits per heavy atom. The van der Waals surface area contributed by atoms with Crippen molar-refractivity contribution in [1.29, 1.82) is 0 Å². The Kier molecular flexibility index (Phi) is 4.52. The van der Waals surface area contributed by atoms with Crippen LogP contribution in [0.4, 0.5) is 5.69 Å². The summed E-state index contributed by atoms with van der Waals surface area (Å²) < 4.78 is 5.51. The standard InChI is InChI=1S/C13H17N3O4/c1-10-13(17)14-5-6-15(10)7-8-20-12-4-2-3-11(9-12)16(18)19/h2-4,9-10H,5-8H2,1H3,(H,14,17)/t10-/m0/s1. The molecule has 1 aliphatic heterocycles. The van der Waals surface area contributed by atoms with Crippen LogP contribution < -0.4 is 10.1 Å². The van der Waals surface area contributed by atoms with Crippen LogP contribution in [0, 0.1) is 10.1 Å². The van der Waals surface area contributed by atoms with Gasteiger partial charge in [-0.2, -0.15) is 0 Å². The number of carbonyl (C=O) groups excluding carboxylic acids is 1. The fourth-order valence-electron chi connectivity index (χ4n) is 2.10. The highest BCUT2D eigenvalue weighted by Gasteiger charge is 2.24. The van der Waals surface area contributed by atoms with Gasteiger partial charge in [0.1, 0.15) is 12.4 Å². The van der Waals surface area contributed by atoms with Crippen molar-refractivity contribution in [1.82, 2.24) is 10.2 Å². The van der Waals surface area contributed by atoms with E-state index in [9.17, 15) is 14.9 Å². The minimum absolute atomic E-state index is 0.00761. The number of nitrogens with one attached hydrogen (secondary N) is 1. The van der Waals surface area contributed by atoms with Crippen LogP contribution in [-0.4, -0.2) is 48.0 Å². The predicted molar refractivity (Wildman–Crippen MR) is 72.6 cm³/mol. The molecule has 1 N–H and O–H groups in total. The summed E-state index contributed by atoms with van der Waals surface area (Å²) in [5.41, 5.74) is 0.00761. The van der Waals surface area contributed by atoms with E-state index in [0.29, 0.717) is 25.4 Å². The number of carbonyl (C=O) groups is 1. The molecule has 1 aromatic carbocycles. The van der Waals surface area contributed by atoms with Crippen molar-refractivity contribution in [2.75, 3.05) is 26.2 Å². The fraction of sp³-hybridized carbons (Fsp3) is 0.462. The molecule has 1 fully saturated rings. The lowest BCUT2D eigenvalue weighted by atomic mass is 10.2. The van der Waals surface area contributed by atoms with E-state index >= 15 is 0 Å². The van der Waals surface area contributed by atoms with Gasteiger partial charge >= 0.3 is 0 Å². The van der Waals surface area contributed by atoms with Crippen LogP contribution >= 0.6 is 0 Å². The summed E-state index contributed by atoms with van der Waals surface area (Å²) in [6, 6.07) is 5.91. The van der Waals surface area contributed by atoms with Crippen LogP contribution in [0.1, 0.15) is 6.92 Å². The molecule has 1 aromatic rings. The zero-order chi connectivity index (χ0) is 14.5. The van der Waals surface area contributed by atoms with Gasteiger partial charge in [0.2, 0.25) is 5.91 Å². The molecule has 108 valence electrons. The van der Waals surface area contributed by atoms with Crippen LogP contribution in [0.25, 0.3) is 0 Å². The van der Waals surface area contributed by atoms with Gasteiger partial charge in [0.05, 0.1) is 17.0 Å². The van der Waals surface area contributed by atoms with E-state index in [1.165, 1.54) is 12.1 Å². The zero-order valence-corrected chi connectivity index (χ0v) is 11.2. The third-order valence-corrected chi connectivity index (χ3v) is 3.30. The number of nitro groups is 1. The van der Waals surface area contributed by atoms with E-state index in [0.717, 1.165) is 6.54 Å². The number of nitrogens with zero attached hydrogens (tertiary/aromatic N) is 2. The zero-order valence-electron chi connectivity index (χ0n) is 11.2. The number of hydrogen-bond acceptors (Lipinski definition) is 5. The summed E-state index contributed by atoms with van der Waals surface area (Å²) in [4.78, 5) is 23.7. The van der Waals surface area contributed by atoms with E-state index in [2.05, 4.69) is 5.32 Å². The van der Waals surface area contributed by atoms with Crippen molar-refractivity contribution in [2.45, 2.75) is 13.0 Å². The quantitative estimate of drug-likeness (QED) is 0.636. The lowest BCUT2D eigenvalue weighted by Gasteiger charge is -2.32. The average Bonchev–Trinajstić information content (AvgIpc) is 2.44. The van der Waals surface area contributed by atoms with Crippen LogP contribution in [0.15, 0.2) is 24.3 Å². The largest absolute Gasteiger partial charge is 0.492 e. The number of benzene rings is 1. The molecule has 1 amide bonds. The van der Waals surface area contributed by atoms with Gasteiger partial charge in [0.25, 0.3) is 5.69 Å². The molecule has 2 rings (SSSR count). The second-order valence-electron chi connectivity index (χ2n) is 4.61. The van der Waals surface area contributed by atoms with Gasteiger partial charge in [-0.3, -0.25) is 19.8 Å². The molecule has 1 aliphatic rings. The van der Waals surface area contributed by atoms with Crippen molar-refractivity contribution in [3.8, 4) is 5.75 Å². The van der Waals surface area contributed by atoms with Gasteiger partial charge in [0.15, 0.2) is 0 Å². The molecule has 0 unspecified atom stereocenters. The highest BCUT2D eigenvalue weighted by Crippen LogP contribution is 2.19. The highest BCUT2D eigenvalue weighted by atomic mass is 16.6. The van der Waals surface area contributed by atoms with Gasteiger partial charge in [-0.1, -0.05) is 6.07 Å². The third-order valence-electron chi connectivity index (χ3n) is 3.30. The number of hydrogen-bond donors (Lipinski definition) is 1. The molecule has 0 bridgehead atoms. The molecule has 0 aromatic heterocycles. The van der Waals surface area contributed by atoms with E-state index < -0.39 is 4.92 Å². The molecule has 0 radical (unpaired) electrons. The Labute approximate surface area is 116 Å². The fourth-order valence-corrected chi connectivity index (χ4v) is 2.10. The van der Waals surface area contributed by atoms with Crippen molar-refractivity contribution >= 4 is 11.6 Å². The number of rotatable bonds is 5. The molecular weight excluding hydrogens is 262 g/mol. The normalized spacial score (nSPS) is 19.4. The maximum atomic E-state index is 11.5.